The van der Waals surface area contributed by atoms with Crippen molar-refractivity contribution in [2.24, 2.45) is 0 Å². The van der Waals surface area contributed by atoms with Gasteiger partial charge in [-0.2, -0.15) is 4.37 Å². The third-order valence-corrected chi connectivity index (χ3v) is 5.88. The monoisotopic (exact) mass is 410 g/mol. The van der Waals surface area contributed by atoms with Crippen molar-refractivity contribution in [2.75, 3.05) is 18.0 Å². The van der Waals surface area contributed by atoms with Crippen molar-refractivity contribution in [3.63, 3.8) is 0 Å². The van der Waals surface area contributed by atoms with Crippen LogP contribution in [0.5, 0.6) is 0 Å². The predicted octanol–water partition coefficient (Wildman–Crippen LogP) is 3.60. The second-order valence-electron chi connectivity index (χ2n) is 7.17. The van der Waals surface area contributed by atoms with Gasteiger partial charge in [-0.3, -0.25) is 4.79 Å². The molecule has 1 aromatic heterocycles. The molecular weight excluding hydrogens is 387 g/mol. The van der Waals surface area contributed by atoms with Crippen molar-refractivity contribution < 1.29 is 9.18 Å². The highest BCUT2D eigenvalue weighted by molar-refractivity contribution is 7.09. The molecule has 2 aromatic carbocycles. The van der Waals surface area contributed by atoms with Gasteiger partial charge in [0.2, 0.25) is 11.0 Å². The summed E-state index contributed by atoms with van der Waals surface area (Å²) >= 11 is 1.32. The van der Waals surface area contributed by atoms with Crippen molar-refractivity contribution in [1.29, 1.82) is 0 Å². The first kappa shape index (κ1) is 19.5. The Bertz CT molecular complexity index is 945. The van der Waals surface area contributed by atoms with Crippen LogP contribution in [0, 0.1) is 5.82 Å². The average molecular weight is 411 g/mol. The summed E-state index contributed by atoms with van der Waals surface area (Å²) in [7, 11) is 0. The Kier molecular flexibility index (Phi) is 6.14. The molecular formula is C22H23FN4OS. The number of nitrogens with zero attached hydrogens (tertiary/aromatic N) is 3. The lowest BCUT2D eigenvalue weighted by Gasteiger charge is -2.22. The molecule has 1 saturated heterocycles. The molecule has 1 aliphatic heterocycles. The lowest BCUT2D eigenvalue weighted by Crippen LogP contribution is -2.44. The number of amides is 1. The van der Waals surface area contributed by atoms with Crippen molar-refractivity contribution in [2.45, 2.75) is 31.7 Å². The molecule has 4 rings (SSSR count). The molecule has 0 saturated carbocycles. The van der Waals surface area contributed by atoms with E-state index in [9.17, 15) is 9.18 Å². The van der Waals surface area contributed by atoms with Gasteiger partial charge in [-0.1, -0.05) is 42.5 Å². The van der Waals surface area contributed by atoms with Gasteiger partial charge >= 0.3 is 0 Å². The Morgan fingerprint density at radius 3 is 2.72 bits per heavy atom. The van der Waals surface area contributed by atoms with Crippen LogP contribution in [-0.2, 0) is 17.6 Å². The Labute approximate surface area is 173 Å². The minimum absolute atomic E-state index is 0.0497. The van der Waals surface area contributed by atoms with Crippen molar-refractivity contribution in [3.8, 4) is 0 Å². The van der Waals surface area contributed by atoms with Crippen LogP contribution in [0.4, 0.5) is 9.52 Å². The maximum atomic E-state index is 13.1. The number of carbonyl (C=O) groups is 1. The van der Waals surface area contributed by atoms with E-state index < -0.39 is 0 Å². The SMILES string of the molecule is O=C(NCCc1ccccc1)C1CCCN1c1nc(Cc2ccc(F)cc2)ns1. The van der Waals surface area contributed by atoms with E-state index >= 15 is 0 Å². The van der Waals surface area contributed by atoms with E-state index in [4.69, 9.17) is 0 Å². The Hall–Kier alpha value is -2.80. The molecule has 0 aliphatic carbocycles. The lowest BCUT2D eigenvalue weighted by molar-refractivity contribution is -0.122. The van der Waals surface area contributed by atoms with E-state index in [2.05, 4.69) is 31.7 Å². The summed E-state index contributed by atoms with van der Waals surface area (Å²) in [5.74, 6) is 0.499. The zero-order valence-corrected chi connectivity index (χ0v) is 16.9. The number of hydrogen-bond donors (Lipinski definition) is 1. The highest BCUT2D eigenvalue weighted by Crippen LogP contribution is 2.27. The first-order valence-corrected chi connectivity index (χ1v) is 10.6. The Balaban J connectivity index is 1.34. The minimum atomic E-state index is -0.251. The highest BCUT2D eigenvalue weighted by Gasteiger charge is 2.32. The van der Waals surface area contributed by atoms with Crippen LogP contribution < -0.4 is 10.2 Å². The molecule has 1 amide bonds. The van der Waals surface area contributed by atoms with Gasteiger partial charge in [-0.05, 0) is 42.5 Å². The molecule has 5 nitrogen and oxygen atoms in total. The Morgan fingerprint density at radius 1 is 1.14 bits per heavy atom. The molecule has 2 heterocycles. The zero-order valence-electron chi connectivity index (χ0n) is 16.1. The number of benzene rings is 2. The quantitative estimate of drug-likeness (QED) is 0.647. The van der Waals surface area contributed by atoms with Gasteiger partial charge in [0.15, 0.2) is 0 Å². The fourth-order valence-corrected chi connectivity index (χ4v) is 4.34. The molecule has 0 spiro atoms. The smallest absolute Gasteiger partial charge is 0.242 e. The predicted molar refractivity (Wildman–Crippen MR) is 113 cm³/mol. The van der Waals surface area contributed by atoms with E-state index in [1.807, 2.05) is 18.2 Å². The van der Waals surface area contributed by atoms with E-state index in [-0.39, 0.29) is 17.8 Å². The Morgan fingerprint density at radius 2 is 1.93 bits per heavy atom. The average Bonchev–Trinajstić information content (AvgIpc) is 3.40. The normalized spacial score (nSPS) is 16.2. The first-order valence-electron chi connectivity index (χ1n) is 9.84. The van der Waals surface area contributed by atoms with Crippen LogP contribution in [0.2, 0.25) is 0 Å². The van der Waals surface area contributed by atoms with Gasteiger partial charge in [-0.25, -0.2) is 9.37 Å². The van der Waals surface area contributed by atoms with Gasteiger partial charge in [0.05, 0.1) is 0 Å². The van der Waals surface area contributed by atoms with Gasteiger partial charge in [0.25, 0.3) is 0 Å². The van der Waals surface area contributed by atoms with Crippen LogP contribution >= 0.6 is 11.5 Å². The molecule has 0 bridgehead atoms. The van der Waals surface area contributed by atoms with E-state index in [0.717, 1.165) is 36.5 Å². The number of halogens is 1. The van der Waals surface area contributed by atoms with Crippen LogP contribution in [0.25, 0.3) is 0 Å². The summed E-state index contributed by atoms with van der Waals surface area (Å²) in [6.45, 7) is 1.43. The largest absolute Gasteiger partial charge is 0.354 e. The fourth-order valence-electron chi connectivity index (χ4n) is 3.58. The van der Waals surface area contributed by atoms with Crippen LogP contribution in [0.3, 0.4) is 0 Å². The first-order chi connectivity index (χ1) is 14.2. The maximum Gasteiger partial charge on any atom is 0.242 e. The van der Waals surface area contributed by atoms with Gasteiger partial charge < -0.3 is 10.2 Å². The van der Waals surface area contributed by atoms with Crippen molar-refractivity contribution >= 4 is 22.6 Å². The molecule has 1 atom stereocenters. The van der Waals surface area contributed by atoms with E-state index in [1.165, 1.54) is 29.2 Å². The third-order valence-electron chi connectivity index (χ3n) is 5.09. The number of aromatic nitrogens is 2. The summed E-state index contributed by atoms with van der Waals surface area (Å²) in [6.07, 6.45) is 3.16. The van der Waals surface area contributed by atoms with Gasteiger partial charge in [-0.15, -0.1) is 0 Å². The summed E-state index contributed by atoms with van der Waals surface area (Å²) in [5.41, 5.74) is 2.18. The highest BCUT2D eigenvalue weighted by atomic mass is 32.1. The number of anilines is 1. The summed E-state index contributed by atoms with van der Waals surface area (Å²) in [5, 5.41) is 3.85. The van der Waals surface area contributed by atoms with Crippen molar-refractivity contribution in [1.82, 2.24) is 14.7 Å². The molecule has 7 heteroatoms. The number of carbonyl (C=O) groups excluding carboxylic acids is 1. The van der Waals surface area contributed by atoms with Crippen LogP contribution in [-0.4, -0.2) is 34.4 Å². The number of rotatable bonds is 7. The number of nitrogens with one attached hydrogen (secondary N) is 1. The summed E-state index contributed by atoms with van der Waals surface area (Å²) in [6, 6.07) is 16.3. The molecule has 1 aliphatic rings. The molecule has 1 unspecified atom stereocenters. The van der Waals surface area contributed by atoms with Gasteiger partial charge in [0.1, 0.15) is 17.7 Å². The van der Waals surface area contributed by atoms with Gasteiger partial charge in [0, 0.05) is 31.0 Å². The molecule has 29 heavy (non-hydrogen) atoms. The van der Waals surface area contributed by atoms with Crippen molar-refractivity contribution in [3.05, 3.63) is 77.4 Å². The van der Waals surface area contributed by atoms with Crippen LogP contribution in [0.15, 0.2) is 54.6 Å². The van der Waals surface area contributed by atoms with Crippen LogP contribution in [0.1, 0.15) is 29.8 Å². The zero-order chi connectivity index (χ0) is 20.1. The number of hydrogen-bond acceptors (Lipinski definition) is 5. The summed E-state index contributed by atoms with van der Waals surface area (Å²) in [4.78, 5) is 19.4. The third kappa shape index (κ3) is 4.98. The molecule has 3 aromatic rings. The molecule has 0 radical (unpaired) electrons. The summed E-state index contributed by atoms with van der Waals surface area (Å²) < 4.78 is 17.5. The topological polar surface area (TPSA) is 58.1 Å². The van der Waals surface area contributed by atoms with E-state index in [0.29, 0.717) is 18.8 Å². The molecule has 150 valence electrons. The molecule has 1 fully saturated rings. The second-order valence-corrected chi connectivity index (χ2v) is 7.90. The fraction of sp³-hybridized carbons (Fsp3) is 0.318. The maximum absolute atomic E-state index is 13.1. The van der Waals surface area contributed by atoms with E-state index in [1.54, 1.807) is 12.1 Å². The lowest BCUT2D eigenvalue weighted by atomic mass is 10.1. The second kappa shape index (κ2) is 9.13. The molecule has 1 N–H and O–H groups in total. The minimum Gasteiger partial charge on any atom is -0.354 e. The standard InChI is InChI=1S/C22H23FN4OS/c23-18-10-8-17(9-11-18)15-20-25-22(29-26-20)27-14-4-7-19(27)21(28)24-13-12-16-5-2-1-3-6-16/h1-3,5-6,8-11,19H,4,7,12-15H2,(H,24,28).